The number of cyclic esters (lactones) is 1. The number of aliphatic hydroxyl groups excluding tert-OH is 1. The average Bonchev–Trinajstić information content (AvgIpc) is 3.24. The number of alkyl halides is 1. The van der Waals surface area contributed by atoms with Gasteiger partial charge in [-0.2, -0.15) is 0 Å². The number of halogens is 1. The van der Waals surface area contributed by atoms with Crippen molar-refractivity contribution in [1.29, 1.82) is 0 Å². The Morgan fingerprint density at radius 2 is 1.62 bits per heavy atom. The Hall–Kier alpha value is -2.79. The smallest absolute Gasteiger partial charge is 0.329 e. The average molecular weight is 925 g/mol. The summed E-state index contributed by atoms with van der Waals surface area (Å²) in [5.41, 5.74) is 1.14. The van der Waals surface area contributed by atoms with Crippen LogP contribution in [0.2, 0.25) is 0 Å². The van der Waals surface area contributed by atoms with Crippen molar-refractivity contribution in [3.63, 3.8) is 0 Å². The molecular formula is C46H70BrNO13. The number of allylic oxidation sites excluding steroid dienone is 4. The van der Waals surface area contributed by atoms with Crippen molar-refractivity contribution >= 4 is 45.3 Å². The second-order valence-electron chi connectivity index (χ2n) is 17.9. The number of Topliss-reactive ketones (excluding diaryl/α,β-unsaturated/α-hetero) is 2. The zero-order valence-electron chi connectivity index (χ0n) is 37.3. The van der Waals surface area contributed by atoms with Gasteiger partial charge in [-0.3, -0.25) is 19.2 Å². The van der Waals surface area contributed by atoms with Gasteiger partial charge in [-0.05, 0) is 100 Å². The van der Waals surface area contributed by atoms with Gasteiger partial charge < -0.3 is 43.5 Å². The summed E-state index contributed by atoms with van der Waals surface area (Å²) in [7, 11) is 4.61. The monoisotopic (exact) mass is 923 g/mol. The van der Waals surface area contributed by atoms with E-state index in [9.17, 15) is 34.2 Å². The Morgan fingerprint density at radius 3 is 2.26 bits per heavy atom. The van der Waals surface area contributed by atoms with Crippen LogP contribution in [-0.2, 0) is 52.4 Å². The summed E-state index contributed by atoms with van der Waals surface area (Å²) < 4.78 is 35.6. The van der Waals surface area contributed by atoms with Crippen LogP contribution in [0.3, 0.4) is 0 Å². The van der Waals surface area contributed by atoms with E-state index < -0.39 is 77.9 Å². The van der Waals surface area contributed by atoms with Crippen molar-refractivity contribution < 1.29 is 62.6 Å². The predicted molar refractivity (Wildman–Crippen MR) is 230 cm³/mol. The Morgan fingerprint density at radius 1 is 0.951 bits per heavy atom. The molecule has 3 fully saturated rings. The highest BCUT2D eigenvalue weighted by atomic mass is 79.9. The molecule has 2 N–H and O–H groups in total. The molecule has 2 saturated heterocycles. The van der Waals surface area contributed by atoms with Crippen molar-refractivity contribution in [3.8, 4) is 0 Å². The lowest BCUT2D eigenvalue weighted by molar-refractivity contribution is -0.302. The Bertz CT molecular complexity index is 1620. The van der Waals surface area contributed by atoms with Crippen LogP contribution in [0, 0.1) is 29.6 Å². The highest BCUT2D eigenvalue weighted by Gasteiger charge is 2.56. The first-order valence-electron chi connectivity index (χ1n) is 21.9. The molecule has 2 bridgehead atoms. The molecular weight excluding hydrogens is 854 g/mol. The summed E-state index contributed by atoms with van der Waals surface area (Å²) in [6, 6.07) is -1.17. The maximum atomic E-state index is 14.4. The number of fused-ring (bicyclic) bond motifs is 3. The van der Waals surface area contributed by atoms with Crippen LogP contribution in [0.15, 0.2) is 36.0 Å². The second kappa shape index (κ2) is 23.2. The van der Waals surface area contributed by atoms with E-state index in [0.29, 0.717) is 62.5 Å². The van der Waals surface area contributed by atoms with Crippen LogP contribution in [0.1, 0.15) is 105 Å². The summed E-state index contributed by atoms with van der Waals surface area (Å²) >= 11 is 3.14. The second-order valence-corrected chi connectivity index (χ2v) is 18.4. The molecule has 61 heavy (non-hydrogen) atoms. The number of hydrogen-bond donors (Lipinski definition) is 2. The molecule has 4 aliphatic rings. The fourth-order valence-corrected chi connectivity index (χ4v) is 9.89. The number of esters is 2. The predicted octanol–water partition coefficient (Wildman–Crippen LogP) is 5.58. The van der Waals surface area contributed by atoms with Gasteiger partial charge >= 0.3 is 11.9 Å². The number of ketones is 2. The number of aliphatic hydroxyl groups is 2. The van der Waals surface area contributed by atoms with E-state index in [2.05, 4.69) is 22.5 Å². The van der Waals surface area contributed by atoms with Crippen LogP contribution in [0.4, 0.5) is 0 Å². The van der Waals surface area contributed by atoms with Crippen molar-refractivity contribution in [2.75, 3.05) is 33.2 Å². The molecule has 4 rings (SSSR count). The minimum atomic E-state index is -2.52. The summed E-state index contributed by atoms with van der Waals surface area (Å²) in [6.45, 7) is 13.1. The summed E-state index contributed by atoms with van der Waals surface area (Å²) in [4.78, 5) is 70.2. The van der Waals surface area contributed by atoms with Gasteiger partial charge in [0.15, 0.2) is 5.78 Å². The molecule has 0 aromatic rings. The van der Waals surface area contributed by atoms with Gasteiger partial charge in [0.1, 0.15) is 29.7 Å². The molecule has 0 radical (unpaired) electrons. The van der Waals surface area contributed by atoms with Crippen molar-refractivity contribution in [3.05, 3.63) is 36.0 Å². The van der Waals surface area contributed by atoms with Gasteiger partial charge in [-0.15, -0.1) is 6.58 Å². The quantitative estimate of drug-likeness (QED) is 0.127. The molecule has 3 aliphatic heterocycles. The van der Waals surface area contributed by atoms with Crippen LogP contribution in [-0.4, -0.2) is 132 Å². The zero-order chi connectivity index (χ0) is 45.2. The molecule has 1 saturated carbocycles. The van der Waals surface area contributed by atoms with E-state index >= 15 is 0 Å². The largest absolute Gasteiger partial charge is 0.459 e. The highest BCUT2D eigenvalue weighted by molar-refractivity contribution is 9.09. The third-order valence-electron chi connectivity index (χ3n) is 13.2. The topological polar surface area (TPSA) is 184 Å². The fourth-order valence-electron chi connectivity index (χ4n) is 9.76. The molecule has 2 unspecified atom stereocenters. The third-order valence-corrected chi connectivity index (χ3v) is 13.7. The van der Waals surface area contributed by atoms with Crippen molar-refractivity contribution in [1.82, 2.24) is 4.90 Å². The first kappa shape index (κ1) is 50.9. The van der Waals surface area contributed by atoms with Crippen molar-refractivity contribution in [2.45, 2.75) is 160 Å². The highest BCUT2D eigenvalue weighted by Crippen LogP contribution is 2.39. The third kappa shape index (κ3) is 12.7. The number of carbonyl (C=O) groups excluding carboxylic acids is 5. The van der Waals surface area contributed by atoms with Crippen LogP contribution >= 0.6 is 15.9 Å². The van der Waals surface area contributed by atoms with Gasteiger partial charge in [-0.1, -0.05) is 61.9 Å². The fraction of sp³-hybridized carbons (Fsp3) is 0.761. The lowest BCUT2D eigenvalue weighted by Crippen LogP contribution is -2.64. The van der Waals surface area contributed by atoms with Crippen LogP contribution in [0.25, 0.3) is 0 Å². The lowest BCUT2D eigenvalue weighted by atomic mass is 9.81. The molecule has 1 amide bonds. The van der Waals surface area contributed by atoms with E-state index in [0.717, 1.165) is 0 Å². The molecule has 0 aromatic heterocycles. The number of ether oxygens (including phenoxy) is 6. The van der Waals surface area contributed by atoms with Gasteiger partial charge in [0.05, 0.1) is 24.4 Å². The minimum absolute atomic E-state index is 0.0215. The SMILES string of the molecule is C=CCC1=CC(C)C[C@H](C)C[C@H](OC)[C@H]2O[C@@](O)(C(=O)C(=O)N3CCCC[C@H]3C(=O)O[C@H](C(C)=CC3CC[C@@H](OC(=O)CBr)[C@H](OC)C3)[C@H](C)[C@@H](O)CC1=O)[C@H](C)C[C@@H]2OC. The maximum absolute atomic E-state index is 14.4. The van der Waals surface area contributed by atoms with E-state index in [-0.39, 0.29) is 66.7 Å². The number of methoxy groups -OCH3 is 3. The number of amides is 1. The molecule has 14 atom stereocenters. The van der Waals surface area contributed by atoms with Gasteiger partial charge in [-0.25, -0.2) is 4.79 Å². The van der Waals surface area contributed by atoms with E-state index in [4.69, 9.17) is 28.4 Å². The van der Waals surface area contributed by atoms with Gasteiger partial charge in [0.2, 0.25) is 5.79 Å². The number of piperidine rings is 1. The maximum Gasteiger partial charge on any atom is 0.329 e. The van der Waals surface area contributed by atoms with E-state index in [1.54, 1.807) is 34.0 Å². The Labute approximate surface area is 370 Å². The molecule has 3 heterocycles. The standard InChI is InChI=1S/C46H70BrNO13/c1-10-13-32-19-26(2)18-27(3)20-38(57-8)42-39(58-9)22-29(5)46(55,61-42)43(52)44(53)48-17-12-11-14-33(48)45(54)60-41(30(6)34(49)24-35(32)50)28(4)21-31-15-16-36(37(23-31)56-7)59-40(51)25-47/h10,19,21,26-27,29-31,33-34,36-39,41-42,49,55H,1,11-18,20,22-25H2,2-9H3/t26?,27-,29+,30+,31?,33-,34-,36+,37+,38-,39-,41+,42+,46+/m0/s1. The lowest BCUT2D eigenvalue weighted by Gasteiger charge is -2.47. The van der Waals surface area contributed by atoms with Crippen LogP contribution < -0.4 is 0 Å². The van der Waals surface area contributed by atoms with Gasteiger partial charge in [0, 0.05) is 46.1 Å². The Balaban J connectivity index is 1.76. The summed E-state index contributed by atoms with van der Waals surface area (Å²) in [6.07, 6.45) is 4.77. The number of carbonyl (C=O) groups is 5. The van der Waals surface area contributed by atoms with E-state index in [1.165, 1.54) is 19.1 Å². The molecule has 1 aliphatic carbocycles. The first-order chi connectivity index (χ1) is 28.9. The number of hydrogen-bond acceptors (Lipinski definition) is 13. The molecule has 14 nitrogen and oxygen atoms in total. The molecule has 15 heteroatoms. The minimum Gasteiger partial charge on any atom is -0.459 e. The van der Waals surface area contributed by atoms with Crippen molar-refractivity contribution in [2.24, 2.45) is 29.6 Å². The van der Waals surface area contributed by atoms with Crippen LogP contribution in [0.5, 0.6) is 0 Å². The van der Waals surface area contributed by atoms with Gasteiger partial charge in [0.25, 0.3) is 11.7 Å². The summed E-state index contributed by atoms with van der Waals surface area (Å²) in [5.74, 6) is -7.89. The molecule has 0 aromatic carbocycles. The summed E-state index contributed by atoms with van der Waals surface area (Å²) in [5, 5.41) is 23.9. The van der Waals surface area contributed by atoms with E-state index in [1.807, 2.05) is 26.0 Å². The normalized spacial score (nSPS) is 38.1. The first-order valence-corrected chi connectivity index (χ1v) is 23.1. The Kier molecular flexibility index (Phi) is 19.4. The molecule has 0 spiro atoms. The molecule has 344 valence electrons. The number of rotatable bonds is 9. The zero-order valence-corrected chi connectivity index (χ0v) is 38.9. The number of nitrogens with zero attached hydrogens (tertiary/aromatic N) is 1.